The largest absolute Gasteiger partial charge is 0.459 e. The van der Waals surface area contributed by atoms with Gasteiger partial charge in [0.25, 0.3) is 0 Å². The topological polar surface area (TPSA) is 155 Å². The highest BCUT2D eigenvalue weighted by molar-refractivity contribution is 7.80. The van der Waals surface area contributed by atoms with E-state index < -0.39 is 47.6 Å². The number of nitrogens with two attached hydrogens (primary N) is 1. The van der Waals surface area contributed by atoms with Gasteiger partial charge in [-0.25, -0.2) is 10.1 Å². The van der Waals surface area contributed by atoms with Gasteiger partial charge in [-0.3, -0.25) is 14.2 Å². The van der Waals surface area contributed by atoms with Crippen LogP contribution in [0.15, 0.2) is 30.3 Å². The lowest BCUT2D eigenvalue weighted by Crippen LogP contribution is -2.54. The molecule has 0 aromatic heterocycles. The Balaban J connectivity index is 1.69. The molecule has 0 amide bonds. The Labute approximate surface area is 188 Å². The summed E-state index contributed by atoms with van der Waals surface area (Å²) in [6.07, 6.45) is 2.15. The van der Waals surface area contributed by atoms with Gasteiger partial charge in [-0.2, -0.15) is 8.42 Å². The van der Waals surface area contributed by atoms with Crippen LogP contribution in [0.2, 0.25) is 0 Å². The third-order valence-corrected chi connectivity index (χ3v) is 5.74. The van der Waals surface area contributed by atoms with Crippen LogP contribution in [-0.2, 0) is 40.1 Å². The lowest BCUT2D eigenvalue weighted by molar-refractivity contribution is -0.258. The molecule has 1 aliphatic rings. The molecule has 0 saturated carbocycles. The number of hydrogen-bond donors (Lipinski definition) is 3. The molecule has 0 radical (unpaired) electrons. The molecule has 0 spiro atoms. The van der Waals surface area contributed by atoms with E-state index in [0.29, 0.717) is 6.42 Å². The molecule has 1 heterocycles. The Morgan fingerprint density at radius 1 is 1.09 bits per heavy atom. The maximum atomic E-state index is 12.2. The lowest BCUT2D eigenvalue weighted by Gasteiger charge is -2.38. The van der Waals surface area contributed by atoms with Gasteiger partial charge in [0.1, 0.15) is 18.3 Å². The van der Waals surface area contributed by atoms with Gasteiger partial charge in [-0.15, -0.1) is 0 Å². The molecule has 0 aliphatic carbocycles. The Kier molecular flexibility index (Phi) is 11.5. The molecule has 1 fully saturated rings. The van der Waals surface area contributed by atoms with Crippen LogP contribution in [0.25, 0.3) is 0 Å². The highest BCUT2D eigenvalue weighted by atomic mass is 32.3. The van der Waals surface area contributed by atoms with Crippen LogP contribution in [0.4, 0.5) is 0 Å². The number of unbranched alkanes of at least 4 members (excludes halogenated alkanes) is 5. The van der Waals surface area contributed by atoms with Crippen LogP contribution in [0.1, 0.15) is 56.9 Å². The van der Waals surface area contributed by atoms with Crippen LogP contribution >= 0.6 is 0 Å². The van der Waals surface area contributed by atoms with Gasteiger partial charge < -0.3 is 14.6 Å². The fourth-order valence-corrected chi connectivity index (χ4v) is 4.21. The van der Waals surface area contributed by atoms with E-state index in [9.17, 15) is 18.3 Å². The van der Waals surface area contributed by atoms with Crippen molar-refractivity contribution in [1.82, 2.24) is 0 Å². The fraction of sp³-hybridized carbons (Fsp3) is 0.667. The van der Waals surface area contributed by atoms with Crippen molar-refractivity contribution < 1.29 is 41.4 Å². The summed E-state index contributed by atoms with van der Waals surface area (Å²) in [7, 11) is -4.86. The summed E-state index contributed by atoms with van der Waals surface area (Å²) >= 11 is 0. The molecule has 1 aliphatic heterocycles. The average Bonchev–Trinajstić information content (AvgIpc) is 2.76. The van der Waals surface area contributed by atoms with Crippen molar-refractivity contribution in [3.63, 3.8) is 0 Å². The van der Waals surface area contributed by atoms with E-state index in [2.05, 4.69) is 21.2 Å². The van der Waals surface area contributed by atoms with E-state index >= 15 is 0 Å². The highest BCUT2D eigenvalue weighted by Crippen LogP contribution is 2.27. The van der Waals surface area contributed by atoms with E-state index in [1.54, 1.807) is 0 Å². The SMILES string of the molecule is NOC1C[C@@H](OC(=O)CCCCCCCCc2ccccc2)[C@H](OS(=O)(=O)O)[C@@H](CO)O1. The number of hydrogen-bond acceptors (Lipinski definition) is 9. The number of aliphatic hydroxyl groups excluding tert-OH is 1. The first kappa shape index (κ1) is 26.7. The minimum atomic E-state index is -4.86. The van der Waals surface area contributed by atoms with Gasteiger partial charge in [0.05, 0.1) is 6.61 Å². The Morgan fingerprint density at radius 2 is 1.75 bits per heavy atom. The summed E-state index contributed by atoms with van der Waals surface area (Å²) < 4.78 is 46.4. The van der Waals surface area contributed by atoms with Crippen LogP contribution in [0.5, 0.6) is 0 Å². The third kappa shape index (κ3) is 9.90. The first-order chi connectivity index (χ1) is 15.3. The van der Waals surface area contributed by atoms with E-state index in [4.69, 9.17) is 19.9 Å². The maximum absolute atomic E-state index is 12.2. The molecule has 0 bridgehead atoms. The molecule has 4 atom stereocenters. The Bertz CT molecular complexity index is 775. The monoisotopic (exact) mass is 475 g/mol. The number of carbonyl (C=O) groups excluding carboxylic acids is 1. The van der Waals surface area contributed by atoms with Gasteiger partial charge in [0.15, 0.2) is 6.29 Å². The Morgan fingerprint density at radius 3 is 2.38 bits per heavy atom. The fourth-order valence-electron chi connectivity index (χ4n) is 3.68. The van der Waals surface area contributed by atoms with Crippen LogP contribution in [0.3, 0.4) is 0 Å². The summed E-state index contributed by atoms with van der Waals surface area (Å²) in [6, 6.07) is 10.3. The summed E-state index contributed by atoms with van der Waals surface area (Å²) in [5.74, 6) is 4.57. The van der Waals surface area contributed by atoms with Gasteiger partial charge in [0, 0.05) is 12.8 Å². The molecule has 182 valence electrons. The number of aliphatic hydroxyl groups is 1. The minimum absolute atomic E-state index is 0.111. The first-order valence-corrected chi connectivity index (χ1v) is 12.2. The standard InChI is InChI=1S/C21H33NO9S/c22-30-20-14-17(21(18(15-23)29-20)31-32(25,26)27)28-19(24)13-9-4-2-1-3-6-10-16-11-7-5-8-12-16/h5,7-8,11-12,17-18,20-21,23H,1-4,6,9-10,13-15,22H2,(H,25,26,27)/t17-,18-,20?,21+/m1/s1. The van der Waals surface area contributed by atoms with Crippen LogP contribution in [-0.4, -0.2) is 55.3 Å². The molecule has 10 nitrogen and oxygen atoms in total. The van der Waals surface area contributed by atoms with Crippen molar-refractivity contribution >= 4 is 16.4 Å². The smallest absolute Gasteiger partial charge is 0.397 e. The van der Waals surface area contributed by atoms with Crippen molar-refractivity contribution in [3.05, 3.63) is 35.9 Å². The van der Waals surface area contributed by atoms with Crippen LogP contribution in [0, 0.1) is 0 Å². The second-order valence-corrected chi connectivity index (χ2v) is 8.83. The van der Waals surface area contributed by atoms with E-state index in [0.717, 1.165) is 38.5 Å². The molecule has 4 N–H and O–H groups in total. The maximum Gasteiger partial charge on any atom is 0.397 e. The number of esters is 1. The number of aryl methyl sites for hydroxylation is 1. The number of carbonyl (C=O) groups is 1. The zero-order valence-electron chi connectivity index (χ0n) is 18.0. The zero-order chi connectivity index (χ0) is 23.4. The number of benzene rings is 1. The molecule has 1 aromatic carbocycles. The summed E-state index contributed by atoms with van der Waals surface area (Å²) in [6.45, 7) is -0.654. The predicted octanol–water partition coefficient (Wildman–Crippen LogP) is 2.06. The van der Waals surface area contributed by atoms with Gasteiger partial charge >= 0.3 is 16.4 Å². The molecule has 2 rings (SSSR count). The third-order valence-electron chi connectivity index (χ3n) is 5.27. The van der Waals surface area contributed by atoms with Gasteiger partial charge in [0.2, 0.25) is 0 Å². The van der Waals surface area contributed by atoms with Crippen molar-refractivity contribution in [2.24, 2.45) is 5.90 Å². The van der Waals surface area contributed by atoms with E-state index in [1.807, 2.05) is 18.2 Å². The van der Waals surface area contributed by atoms with Crippen molar-refractivity contribution in [2.75, 3.05) is 6.61 Å². The second kappa shape index (κ2) is 13.8. The predicted molar refractivity (Wildman–Crippen MR) is 114 cm³/mol. The highest BCUT2D eigenvalue weighted by Gasteiger charge is 2.44. The van der Waals surface area contributed by atoms with E-state index in [1.165, 1.54) is 5.56 Å². The van der Waals surface area contributed by atoms with Crippen molar-refractivity contribution in [2.45, 2.75) is 82.4 Å². The molecular formula is C21H33NO9S. The molecule has 1 aromatic rings. The molecule has 32 heavy (non-hydrogen) atoms. The van der Waals surface area contributed by atoms with Gasteiger partial charge in [-0.05, 0) is 24.8 Å². The first-order valence-electron chi connectivity index (χ1n) is 10.8. The summed E-state index contributed by atoms with van der Waals surface area (Å²) in [5, 5.41) is 9.43. The van der Waals surface area contributed by atoms with Gasteiger partial charge in [-0.1, -0.05) is 56.0 Å². The average molecular weight is 476 g/mol. The number of ether oxygens (including phenoxy) is 2. The Hall–Kier alpha value is -1.60. The summed E-state index contributed by atoms with van der Waals surface area (Å²) in [4.78, 5) is 16.8. The van der Waals surface area contributed by atoms with Crippen molar-refractivity contribution in [1.29, 1.82) is 0 Å². The lowest BCUT2D eigenvalue weighted by atomic mass is 10.0. The van der Waals surface area contributed by atoms with Crippen LogP contribution < -0.4 is 5.90 Å². The zero-order valence-corrected chi connectivity index (χ0v) is 18.8. The quantitative estimate of drug-likeness (QED) is 0.158. The summed E-state index contributed by atoms with van der Waals surface area (Å²) in [5.41, 5.74) is 1.34. The molecule has 11 heteroatoms. The molecule has 1 unspecified atom stereocenters. The van der Waals surface area contributed by atoms with E-state index in [-0.39, 0.29) is 12.8 Å². The molecular weight excluding hydrogens is 442 g/mol. The second-order valence-electron chi connectivity index (χ2n) is 7.78. The normalized spacial score (nSPS) is 23.7. The van der Waals surface area contributed by atoms with Crippen molar-refractivity contribution in [3.8, 4) is 0 Å². The number of rotatable bonds is 14. The minimum Gasteiger partial charge on any atom is -0.459 e. The molecule has 1 saturated heterocycles.